The lowest BCUT2D eigenvalue weighted by Crippen LogP contribution is -2.16. The number of thiophene rings is 1. The lowest BCUT2D eigenvalue weighted by molar-refractivity contribution is -0.140. The van der Waals surface area contributed by atoms with Gasteiger partial charge in [0.25, 0.3) is 11.8 Å². The molecule has 42 heavy (non-hydrogen) atoms. The zero-order chi connectivity index (χ0) is 30.3. The van der Waals surface area contributed by atoms with Gasteiger partial charge in [0, 0.05) is 28.2 Å². The van der Waals surface area contributed by atoms with Crippen molar-refractivity contribution in [1.29, 1.82) is 0 Å². The number of pyridine rings is 1. The molecule has 5 rings (SSSR count). The Morgan fingerprint density at radius 2 is 1.93 bits per heavy atom. The number of alkyl halides is 3. The minimum atomic E-state index is -4.77. The SMILES string of the molecule is CCn1ncc(-c2cc(C(F)(F)F)nc3sc(C(N)=O)c(NC(=O)c4ccc(COc5ccc(Cl)c(C)c5)o4)c23)c1C. The largest absolute Gasteiger partial charge is 0.486 e. The van der Waals surface area contributed by atoms with Crippen molar-refractivity contribution in [2.45, 2.75) is 40.1 Å². The van der Waals surface area contributed by atoms with Crippen molar-refractivity contribution in [3.63, 3.8) is 0 Å². The minimum absolute atomic E-state index is 0.0112. The molecule has 0 saturated carbocycles. The van der Waals surface area contributed by atoms with Crippen LogP contribution in [0.4, 0.5) is 18.9 Å². The summed E-state index contributed by atoms with van der Waals surface area (Å²) in [7, 11) is 0. The Morgan fingerprint density at radius 1 is 1.17 bits per heavy atom. The van der Waals surface area contributed by atoms with Gasteiger partial charge in [0.15, 0.2) is 5.76 Å². The van der Waals surface area contributed by atoms with Gasteiger partial charge in [-0.05, 0) is 68.3 Å². The Bertz CT molecular complexity index is 1840. The normalized spacial score (nSPS) is 11.7. The monoisotopic (exact) mass is 617 g/mol. The second-order valence-corrected chi connectivity index (χ2v) is 10.7. The molecule has 0 aliphatic rings. The molecule has 0 aliphatic heterocycles. The van der Waals surface area contributed by atoms with E-state index < -0.39 is 23.7 Å². The number of rotatable bonds is 8. The summed E-state index contributed by atoms with van der Waals surface area (Å²) in [5.74, 6) is -0.932. The van der Waals surface area contributed by atoms with E-state index in [1.54, 1.807) is 35.9 Å². The average Bonchev–Trinajstić information content (AvgIpc) is 3.65. The van der Waals surface area contributed by atoms with Gasteiger partial charge in [-0.3, -0.25) is 14.3 Å². The average molecular weight is 618 g/mol. The van der Waals surface area contributed by atoms with Crippen LogP contribution < -0.4 is 15.8 Å². The lowest BCUT2D eigenvalue weighted by atomic mass is 10.0. The highest BCUT2D eigenvalue weighted by atomic mass is 35.5. The second-order valence-electron chi connectivity index (χ2n) is 9.28. The number of ether oxygens (including phenoxy) is 1. The van der Waals surface area contributed by atoms with E-state index in [0.29, 0.717) is 45.7 Å². The molecule has 0 spiro atoms. The molecular formula is C28H23ClF3N5O4S. The number of furan rings is 1. The fraction of sp³-hybridized carbons (Fsp3) is 0.214. The van der Waals surface area contributed by atoms with Gasteiger partial charge in [0.2, 0.25) is 0 Å². The molecule has 1 aromatic carbocycles. The third kappa shape index (κ3) is 5.57. The Morgan fingerprint density at radius 3 is 2.57 bits per heavy atom. The molecule has 9 nitrogen and oxygen atoms in total. The molecule has 0 unspecified atom stereocenters. The van der Waals surface area contributed by atoms with Crippen LogP contribution in [0.5, 0.6) is 5.75 Å². The minimum Gasteiger partial charge on any atom is -0.486 e. The van der Waals surface area contributed by atoms with Crippen molar-refractivity contribution in [2.75, 3.05) is 5.32 Å². The van der Waals surface area contributed by atoms with Crippen LogP contribution in [0.2, 0.25) is 5.02 Å². The number of hydrogen-bond donors (Lipinski definition) is 2. The molecule has 3 N–H and O–H groups in total. The Balaban J connectivity index is 1.52. The molecule has 218 valence electrons. The Kier molecular flexibility index (Phi) is 7.73. The van der Waals surface area contributed by atoms with Crippen LogP contribution in [0.1, 0.15) is 49.9 Å². The first kappa shape index (κ1) is 29.1. The number of primary amides is 1. The lowest BCUT2D eigenvalue weighted by Gasteiger charge is -2.12. The van der Waals surface area contributed by atoms with Crippen LogP contribution in [-0.2, 0) is 19.3 Å². The smallest absolute Gasteiger partial charge is 0.433 e. The van der Waals surface area contributed by atoms with E-state index in [2.05, 4.69) is 15.4 Å². The maximum absolute atomic E-state index is 13.8. The van der Waals surface area contributed by atoms with Crippen molar-refractivity contribution in [1.82, 2.24) is 14.8 Å². The number of hydrogen-bond acceptors (Lipinski definition) is 7. The molecule has 5 aromatic rings. The second kappa shape index (κ2) is 11.1. The van der Waals surface area contributed by atoms with Gasteiger partial charge in [-0.25, -0.2) is 4.98 Å². The van der Waals surface area contributed by atoms with Crippen molar-refractivity contribution in [3.8, 4) is 16.9 Å². The highest BCUT2D eigenvalue weighted by Gasteiger charge is 2.35. The van der Waals surface area contributed by atoms with E-state index in [1.807, 2.05) is 13.8 Å². The first-order chi connectivity index (χ1) is 19.9. The number of amides is 2. The zero-order valence-corrected chi connectivity index (χ0v) is 24.0. The number of nitrogens with two attached hydrogens (primary N) is 1. The summed E-state index contributed by atoms with van der Waals surface area (Å²) in [5.41, 5.74) is 6.25. The maximum Gasteiger partial charge on any atom is 0.433 e. The summed E-state index contributed by atoms with van der Waals surface area (Å²) in [5, 5.41) is 7.58. The number of aryl methyl sites for hydroxylation is 2. The summed E-state index contributed by atoms with van der Waals surface area (Å²) in [6.07, 6.45) is -3.34. The van der Waals surface area contributed by atoms with Crippen molar-refractivity contribution in [3.05, 3.63) is 81.0 Å². The summed E-state index contributed by atoms with van der Waals surface area (Å²) in [6, 6.07) is 8.98. The van der Waals surface area contributed by atoms with E-state index in [-0.39, 0.29) is 38.7 Å². The number of benzene rings is 1. The Labute approximate surface area is 246 Å². The van der Waals surface area contributed by atoms with Gasteiger partial charge in [0.1, 0.15) is 33.5 Å². The highest BCUT2D eigenvalue weighted by molar-refractivity contribution is 7.21. The van der Waals surface area contributed by atoms with Crippen molar-refractivity contribution >= 4 is 50.7 Å². The predicted octanol–water partition coefficient (Wildman–Crippen LogP) is 6.99. The maximum atomic E-state index is 13.8. The van der Waals surface area contributed by atoms with Crippen LogP contribution in [-0.4, -0.2) is 26.6 Å². The highest BCUT2D eigenvalue weighted by Crippen LogP contribution is 2.44. The number of nitrogens with one attached hydrogen (secondary N) is 1. The van der Waals surface area contributed by atoms with Crippen molar-refractivity contribution in [2.24, 2.45) is 5.73 Å². The number of carbonyl (C=O) groups excluding carboxylic acids is 2. The molecule has 0 radical (unpaired) electrons. The standard InChI is InChI=1S/C28H23ClF3N5O4S/c1-4-37-14(3)18(11-34-37)17-10-21(28(30,31)32)35-27-22(17)23(24(42-27)25(33)38)36-26(39)20-8-6-16(41-20)12-40-15-5-7-19(29)13(2)9-15/h5-11H,4,12H2,1-3H3,(H2,33,38)(H,36,39). The predicted molar refractivity (Wildman–Crippen MR) is 152 cm³/mol. The molecule has 2 amide bonds. The van der Waals surface area contributed by atoms with Gasteiger partial charge < -0.3 is 20.2 Å². The summed E-state index contributed by atoms with van der Waals surface area (Å²) in [6.45, 7) is 5.88. The molecular weight excluding hydrogens is 595 g/mol. The third-order valence-corrected chi connectivity index (χ3v) is 8.03. The first-order valence-corrected chi connectivity index (χ1v) is 13.7. The molecule has 0 bridgehead atoms. The number of anilines is 1. The summed E-state index contributed by atoms with van der Waals surface area (Å²) < 4.78 is 54.4. The van der Waals surface area contributed by atoms with Crippen molar-refractivity contribution < 1.29 is 31.9 Å². The van der Waals surface area contributed by atoms with E-state index in [1.165, 1.54) is 12.3 Å². The van der Waals surface area contributed by atoms with E-state index in [4.69, 9.17) is 26.5 Å². The third-order valence-electron chi connectivity index (χ3n) is 6.50. The van der Waals surface area contributed by atoms with Crippen LogP contribution >= 0.6 is 22.9 Å². The van der Waals surface area contributed by atoms with Crippen LogP contribution in [0, 0.1) is 13.8 Å². The molecule has 0 saturated heterocycles. The van der Waals surface area contributed by atoms with Gasteiger partial charge in [-0.15, -0.1) is 11.3 Å². The number of aromatic nitrogens is 3. The zero-order valence-electron chi connectivity index (χ0n) is 22.4. The molecule has 0 atom stereocenters. The number of nitrogens with zero attached hydrogens (tertiary/aromatic N) is 3. The number of carbonyl (C=O) groups is 2. The van der Waals surface area contributed by atoms with Crippen LogP contribution in [0.25, 0.3) is 21.3 Å². The summed E-state index contributed by atoms with van der Waals surface area (Å²) in [4.78, 5) is 29.1. The fourth-order valence-electron chi connectivity index (χ4n) is 4.39. The molecule has 14 heteroatoms. The van der Waals surface area contributed by atoms with Gasteiger partial charge >= 0.3 is 6.18 Å². The first-order valence-electron chi connectivity index (χ1n) is 12.5. The Hall–Kier alpha value is -4.36. The van der Waals surface area contributed by atoms with Crippen LogP contribution in [0.15, 0.2) is 47.0 Å². The number of halogens is 4. The number of fused-ring (bicyclic) bond motifs is 1. The topological polar surface area (TPSA) is 125 Å². The van der Waals surface area contributed by atoms with E-state index in [0.717, 1.165) is 11.6 Å². The molecule has 4 heterocycles. The van der Waals surface area contributed by atoms with Gasteiger partial charge in [-0.1, -0.05) is 11.6 Å². The summed E-state index contributed by atoms with van der Waals surface area (Å²) >= 11 is 6.70. The van der Waals surface area contributed by atoms with Crippen LogP contribution in [0.3, 0.4) is 0 Å². The molecule has 0 fully saturated rings. The fourth-order valence-corrected chi connectivity index (χ4v) is 5.52. The van der Waals surface area contributed by atoms with Gasteiger partial charge in [0.05, 0.1) is 11.9 Å². The van der Waals surface area contributed by atoms with Gasteiger partial charge in [-0.2, -0.15) is 18.3 Å². The van der Waals surface area contributed by atoms with E-state index in [9.17, 15) is 22.8 Å². The quantitative estimate of drug-likeness (QED) is 0.193. The molecule has 0 aliphatic carbocycles. The van der Waals surface area contributed by atoms with E-state index >= 15 is 0 Å². The molecule has 4 aromatic heterocycles.